The van der Waals surface area contributed by atoms with Crippen LogP contribution in [0.1, 0.15) is 10.4 Å². The lowest BCUT2D eigenvalue weighted by Gasteiger charge is -2.12. The minimum absolute atomic E-state index is 0.0443. The standard InChI is InChI=1S/C24H13Cl2N5O6/c25-15-5-1-13(2-6-15)17-11-28-18-9-20(30(34)35)21(31(36)37)10-19(18)29(24(33)23(28)27-17)12-22(32)14-3-7-16(26)8-4-14/h1-11H,12H2. The van der Waals surface area contributed by atoms with Crippen LogP contribution in [-0.4, -0.2) is 29.6 Å². The molecule has 0 saturated heterocycles. The first-order valence-corrected chi connectivity index (χ1v) is 11.3. The molecule has 5 aromatic rings. The second-order valence-electron chi connectivity index (χ2n) is 7.99. The summed E-state index contributed by atoms with van der Waals surface area (Å²) in [5.41, 5.74) is -1.15. The van der Waals surface area contributed by atoms with Gasteiger partial charge in [-0.15, -0.1) is 0 Å². The maximum Gasteiger partial charge on any atom is 0.348 e. The first kappa shape index (κ1) is 24.1. The number of nitrogens with zero attached hydrogens (tertiary/aromatic N) is 5. The molecule has 5 rings (SSSR count). The summed E-state index contributed by atoms with van der Waals surface area (Å²) in [5, 5.41) is 24.2. The molecule has 0 saturated carbocycles. The Morgan fingerprint density at radius 1 is 0.865 bits per heavy atom. The number of carbonyl (C=O) groups is 1. The average molecular weight is 538 g/mol. The number of rotatable bonds is 6. The Balaban J connectivity index is 1.81. The lowest BCUT2D eigenvalue weighted by Crippen LogP contribution is -2.27. The van der Waals surface area contributed by atoms with Gasteiger partial charge in [0.2, 0.25) is 5.65 Å². The van der Waals surface area contributed by atoms with Gasteiger partial charge >= 0.3 is 11.4 Å². The molecule has 2 aromatic heterocycles. The lowest BCUT2D eigenvalue weighted by atomic mass is 10.1. The van der Waals surface area contributed by atoms with Gasteiger partial charge in [0.05, 0.1) is 33.1 Å². The number of nitro benzene ring substituents is 2. The third-order valence-corrected chi connectivity index (χ3v) is 6.27. The third-order valence-electron chi connectivity index (χ3n) is 5.77. The highest BCUT2D eigenvalue weighted by Crippen LogP contribution is 2.32. The number of benzene rings is 3. The highest BCUT2D eigenvalue weighted by atomic mass is 35.5. The van der Waals surface area contributed by atoms with E-state index in [-0.39, 0.29) is 22.2 Å². The molecule has 0 fully saturated rings. The highest BCUT2D eigenvalue weighted by molar-refractivity contribution is 6.31. The van der Waals surface area contributed by atoms with Gasteiger partial charge in [-0.3, -0.25) is 38.8 Å². The Labute approximate surface area is 216 Å². The fraction of sp³-hybridized carbons (Fsp3) is 0.0417. The van der Waals surface area contributed by atoms with E-state index < -0.39 is 39.1 Å². The molecule has 0 aliphatic heterocycles. The van der Waals surface area contributed by atoms with Crippen molar-refractivity contribution in [1.82, 2.24) is 14.0 Å². The van der Waals surface area contributed by atoms with Crippen LogP contribution in [0.3, 0.4) is 0 Å². The summed E-state index contributed by atoms with van der Waals surface area (Å²) in [6.07, 6.45) is 1.49. The molecule has 0 N–H and O–H groups in total. The van der Waals surface area contributed by atoms with Gasteiger partial charge in [-0.2, -0.15) is 0 Å². The molecule has 0 bridgehead atoms. The molecular weight excluding hydrogens is 525 g/mol. The van der Waals surface area contributed by atoms with E-state index in [1.165, 1.54) is 34.9 Å². The van der Waals surface area contributed by atoms with E-state index in [0.29, 0.717) is 21.3 Å². The van der Waals surface area contributed by atoms with Gasteiger partial charge in [-0.05, 0) is 36.4 Å². The summed E-state index contributed by atoms with van der Waals surface area (Å²) in [4.78, 5) is 52.4. The van der Waals surface area contributed by atoms with Crippen molar-refractivity contribution >= 4 is 57.0 Å². The maximum absolute atomic E-state index is 13.5. The van der Waals surface area contributed by atoms with Crippen LogP contribution < -0.4 is 5.56 Å². The number of hydrogen-bond donors (Lipinski definition) is 0. The zero-order chi connectivity index (χ0) is 26.4. The Bertz CT molecular complexity index is 1810. The molecule has 0 amide bonds. The number of fused-ring (bicyclic) bond motifs is 3. The van der Waals surface area contributed by atoms with Crippen molar-refractivity contribution < 1.29 is 14.6 Å². The quantitative estimate of drug-likeness (QED) is 0.162. The van der Waals surface area contributed by atoms with Gasteiger partial charge in [0.15, 0.2) is 5.78 Å². The van der Waals surface area contributed by atoms with Crippen LogP contribution in [-0.2, 0) is 6.54 Å². The van der Waals surface area contributed by atoms with Crippen LogP contribution in [0.15, 0.2) is 71.7 Å². The molecule has 13 heteroatoms. The van der Waals surface area contributed by atoms with Crippen molar-refractivity contribution in [2.75, 3.05) is 0 Å². The van der Waals surface area contributed by atoms with E-state index in [1.54, 1.807) is 24.3 Å². The third kappa shape index (κ3) is 4.30. The Morgan fingerprint density at radius 2 is 1.41 bits per heavy atom. The van der Waals surface area contributed by atoms with Gasteiger partial charge < -0.3 is 0 Å². The van der Waals surface area contributed by atoms with Gasteiger partial charge in [0.25, 0.3) is 5.56 Å². The number of nitro groups is 2. The second-order valence-corrected chi connectivity index (χ2v) is 8.86. The minimum atomic E-state index is -0.912. The zero-order valence-corrected chi connectivity index (χ0v) is 20.0. The molecule has 37 heavy (non-hydrogen) atoms. The number of ketones is 1. The summed E-state index contributed by atoms with van der Waals surface area (Å²) >= 11 is 11.9. The predicted molar refractivity (Wildman–Crippen MR) is 136 cm³/mol. The smallest absolute Gasteiger partial charge is 0.296 e. The predicted octanol–water partition coefficient (Wildman–Crippen LogP) is 5.32. The normalized spacial score (nSPS) is 11.2. The Kier molecular flexibility index (Phi) is 5.94. The molecule has 0 aliphatic rings. The number of carbonyl (C=O) groups excluding carboxylic acids is 1. The molecule has 0 aliphatic carbocycles. The minimum Gasteiger partial charge on any atom is -0.296 e. The van der Waals surface area contributed by atoms with E-state index in [9.17, 15) is 29.8 Å². The van der Waals surface area contributed by atoms with Crippen LogP contribution in [0.4, 0.5) is 11.4 Å². The zero-order valence-electron chi connectivity index (χ0n) is 18.5. The monoisotopic (exact) mass is 537 g/mol. The molecule has 0 unspecified atom stereocenters. The van der Waals surface area contributed by atoms with Crippen molar-refractivity contribution in [3.8, 4) is 11.3 Å². The first-order chi connectivity index (χ1) is 17.6. The lowest BCUT2D eigenvalue weighted by molar-refractivity contribution is -0.422. The topological polar surface area (TPSA) is 143 Å². The van der Waals surface area contributed by atoms with Crippen molar-refractivity contribution in [3.63, 3.8) is 0 Å². The van der Waals surface area contributed by atoms with Crippen molar-refractivity contribution in [2.24, 2.45) is 0 Å². The molecule has 184 valence electrons. The van der Waals surface area contributed by atoms with Crippen LogP contribution in [0, 0.1) is 20.2 Å². The molecule has 3 aromatic carbocycles. The van der Waals surface area contributed by atoms with E-state index >= 15 is 0 Å². The van der Waals surface area contributed by atoms with Crippen molar-refractivity contribution in [1.29, 1.82) is 0 Å². The molecule has 0 spiro atoms. The maximum atomic E-state index is 13.5. The van der Waals surface area contributed by atoms with Gasteiger partial charge in [-0.25, -0.2) is 4.98 Å². The van der Waals surface area contributed by atoms with E-state index in [2.05, 4.69) is 4.98 Å². The van der Waals surface area contributed by atoms with E-state index in [1.807, 2.05) is 0 Å². The van der Waals surface area contributed by atoms with Gasteiger partial charge in [0.1, 0.15) is 0 Å². The summed E-state index contributed by atoms with van der Waals surface area (Å²) < 4.78 is 2.35. The molecule has 0 radical (unpaired) electrons. The largest absolute Gasteiger partial charge is 0.348 e. The van der Waals surface area contributed by atoms with Crippen molar-refractivity contribution in [3.05, 3.63) is 113 Å². The van der Waals surface area contributed by atoms with E-state index in [0.717, 1.165) is 16.7 Å². The summed E-state index contributed by atoms with van der Waals surface area (Å²) in [6.45, 7) is -0.494. The summed E-state index contributed by atoms with van der Waals surface area (Å²) in [6, 6.07) is 14.6. The fourth-order valence-corrected chi connectivity index (χ4v) is 4.24. The fourth-order valence-electron chi connectivity index (χ4n) is 3.99. The van der Waals surface area contributed by atoms with Crippen LogP contribution in [0.2, 0.25) is 10.0 Å². The van der Waals surface area contributed by atoms with Crippen LogP contribution in [0.25, 0.3) is 27.9 Å². The second kappa shape index (κ2) is 9.12. The molecule has 2 heterocycles. The number of Topliss-reactive ketones (excluding diaryl/α,β-unsaturated/α-hetero) is 1. The average Bonchev–Trinajstić information content (AvgIpc) is 3.32. The van der Waals surface area contributed by atoms with Crippen LogP contribution >= 0.6 is 23.2 Å². The Morgan fingerprint density at radius 3 is 1.97 bits per heavy atom. The number of halogens is 2. The number of aromatic nitrogens is 3. The van der Waals surface area contributed by atoms with E-state index in [4.69, 9.17) is 23.2 Å². The Hall–Kier alpha value is -4.61. The van der Waals surface area contributed by atoms with Gasteiger partial charge in [0, 0.05) is 39.5 Å². The molecular formula is C24H13Cl2N5O6. The number of hydrogen-bond acceptors (Lipinski definition) is 7. The highest BCUT2D eigenvalue weighted by Gasteiger charge is 2.28. The number of imidazole rings is 1. The molecule has 0 atom stereocenters. The molecule has 11 nitrogen and oxygen atoms in total. The van der Waals surface area contributed by atoms with Gasteiger partial charge in [-0.1, -0.05) is 35.3 Å². The summed E-state index contributed by atoms with van der Waals surface area (Å²) in [7, 11) is 0. The summed E-state index contributed by atoms with van der Waals surface area (Å²) in [5.74, 6) is -0.477. The van der Waals surface area contributed by atoms with Crippen LogP contribution in [0.5, 0.6) is 0 Å². The SMILES string of the molecule is O=C(Cn1c(=O)c2nc(-c3ccc(Cl)cc3)cn2c2cc([N+](=O)[O-])c([N+](=O)[O-])cc21)c1ccc(Cl)cc1. The van der Waals surface area contributed by atoms with Crippen molar-refractivity contribution in [2.45, 2.75) is 6.54 Å². The first-order valence-electron chi connectivity index (χ1n) is 10.6.